The predicted molar refractivity (Wildman–Crippen MR) is 275 cm³/mol. The molecule has 0 fully saturated rings. The van der Waals surface area contributed by atoms with Crippen molar-refractivity contribution in [1.29, 1.82) is 0 Å². The number of hydrogen-bond acceptors (Lipinski definition) is 6. The normalized spacial score (nSPS) is 12.2. The van der Waals surface area contributed by atoms with Crippen molar-refractivity contribution in [1.82, 2.24) is 0 Å². The van der Waals surface area contributed by atoms with E-state index in [1.807, 2.05) is 0 Å². The highest BCUT2D eigenvalue weighted by Crippen LogP contribution is 2.16. The molecule has 64 heavy (non-hydrogen) atoms. The summed E-state index contributed by atoms with van der Waals surface area (Å²) < 4.78 is 16.8. The van der Waals surface area contributed by atoms with Gasteiger partial charge in [-0.25, -0.2) is 0 Å². The molecule has 0 radical (unpaired) electrons. The number of allylic oxidation sites excluding steroid dienone is 6. The Bertz CT molecular complexity index is 1080. The molecule has 6 nitrogen and oxygen atoms in total. The number of hydrogen-bond donors (Lipinski definition) is 0. The highest BCUT2D eigenvalue weighted by atomic mass is 16.6. The van der Waals surface area contributed by atoms with Crippen LogP contribution in [0.1, 0.15) is 297 Å². The predicted octanol–water partition coefficient (Wildman–Crippen LogP) is 18.5. The topological polar surface area (TPSA) is 78.9 Å². The number of esters is 3. The molecule has 0 saturated carbocycles. The fraction of sp³-hybridized carbons (Fsp3) is 0.845. The molecule has 6 heteroatoms. The molecule has 0 saturated heterocycles. The first-order chi connectivity index (χ1) is 31.5. The first-order valence-corrected chi connectivity index (χ1v) is 28.0. The Morgan fingerprint density at radius 1 is 0.312 bits per heavy atom. The maximum absolute atomic E-state index is 12.8. The largest absolute Gasteiger partial charge is 0.462 e. The minimum Gasteiger partial charge on any atom is -0.462 e. The minimum atomic E-state index is -0.773. The molecule has 0 aliphatic rings. The second-order valence-corrected chi connectivity index (χ2v) is 18.8. The van der Waals surface area contributed by atoms with E-state index in [0.717, 1.165) is 70.6 Å². The van der Waals surface area contributed by atoms with E-state index in [0.29, 0.717) is 19.3 Å². The molecule has 0 aromatic rings. The molecule has 1 atom stereocenters. The van der Waals surface area contributed by atoms with E-state index in [-0.39, 0.29) is 31.1 Å². The lowest BCUT2D eigenvalue weighted by Crippen LogP contribution is -2.30. The standard InChI is InChI=1S/C58H106O6/c1-4-7-10-13-16-19-22-25-27-28-29-30-31-34-36-39-42-45-48-51-57(60)63-54-55(53-62-56(59)50-47-44-41-38-35-32-24-21-18-15-12-9-6-3)64-58(61)52-49-46-43-40-37-33-26-23-20-17-14-11-8-5-2/h16,19,21,24-25,27,55H,4-15,17-18,20,22-23,26,28-54H2,1-3H3/b19-16+,24-21+,27-25+/t55-/m1/s1. The minimum absolute atomic E-state index is 0.0737. The van der Waals surface area contributed by atoms with Gasteiger partial charge < -0.3 is 14.2 Å². The van der Waals surface area contributed by atoms with Gasteiger partial charge in [-0.3, -0.25) is 14.4 Å². The SMILES string of the molecule is CCCCC/C=C/C/C=C/CCCCCCCCCCCC(=O)OC[C@@H](COC(=O)CCCCCCC/C=C/CCCCCC)OC(=O)CCCCCCCCCCCCCCCC. The average Bonchev–Trinajstić information content (AvgIpc) is 3.29. The van der Waals surface area contributed by atoms with Crippen LogP contribution in [0.15, 0.2) is 36.5 Å². The van der Waals surface area contributed by atoms with E-state index in [2.05, 4.69) is 57.2 Å². The van der Waals surface area contributed by atoms with Gasteiger partial charge in [0.25, 0.3) is 0 Å². The van der Waals surface area contributed by atoms with Gasteiger partial charge in [0, 0.05) is 19.3 Å². The monoisotopic (exact) mass is 899 g/mol. The van der Waals surface area contributed by atoms with Crippen molar-refractivity contribution < 1.29 is 28.6 Å². The van der Waals surface area contributed by atoms with Crippen LogP contribution in [-0.4, -0.2) is 37.2 Å². The van der Waals surface area contributed by atoms with Crippen LogP contribution >= 0.6 is 0 Å². The molecule has 0 aromatic carbocycles. The van der Waals surface area contributed by atoms with Crippen molar-refractivity contribution in [2.24, 2.45) is 0 Å². The van der Waals surface area contributed by atoms with Crippen molar-refractivity contribution in [2.45, 2.75) is 303 Å². The van der Waals surface area contributed by atoms with Gasteiger partial charge in [-0.2, -0.15) is 0 Å². The third kappa shape index (κ3) is 50.6. The first-order valence-electron chi connectivity index (χ1n) is 28.0. The molecular formula is C58H106O6. The Labute approximate surface area is 397 Å². The average molecular weight is 899 g/mol. The number of carbonyl (C=O) groups is 3. The van der Waals surface area contributed by atoms with Gasteiger partial charge in [-0.05, 0) is 77.0 Å². The van der Waals surface area contributed by atoms with E-state index in [1.165, 1.54) is 186 Å². The number of ether oxygens (including phenoxy) is 3. The zero-order chi connectivity index (χ0) is 46.5. The van der Waals surface area contributed by atoms with Crippen LogP contribution in [0.2, 0.25) is 0 Å². The Kier molecular flexibility index (Phi) is 51.3. The summed E-state index contributed by atoms with van der Waals surface area (Å²) in [6.45, 7) is 6.62. The molecule has 0 aliphatic heterocycles. The Morgan fingerprint density at radius 3 is 0.922 bits per heavy atom. The van der Waals surface area contributed by atoms with Gasteiger partial charge in [0.15, 0.2) is 6.10 Å². The molecule has 0 N–H and O–H groups in total. The summed E-state index contributed by atoms with van der Waals surface area (Å²) >= 11 is 0. The van der Waals surface area contributed by atoms with Crippen molar-refractivity contribution in [2.75, 3.05) is 13.2 Å². The summed E-state index contributed by atoms with van der Waals surface area (Å²) in [7, 11) is 0. The number of unbranched alkanes of at least 4 members (excludes halogenated alkanes) is 34. The van der Waals surface area contributed by atoms with Gasteiger partial charge in [-0.1, -0.05) is 237 Å². The molecular weight excluding hydrogens is 793 g/mol. The molecule has 0 bridgehead atoms. The second kappa shape index (κ2) is 53.2. The molecule has 374 valence electrons. The summed E-state index contributed by atoms with van der Waals surface area (Å²) in [4.78, 5) is 38.1. The summed E-state index contributed by atoms with van der Waals surface area (Å²) in [5, 5.41) is 0. The van der Waals surface area contributed by atoms with Gasteiger partial charge in [0.05, 0.1) is 0 Å². The molecule has 0 aliphatic carbocycles. The smallest absolute Gasteiger partial charge is 0.306 e. The van der Waals surface area contributed by atoms with Crippen LogP contribution in [0.4, 0.5) is 0 Å². The maximum Gasteiger partial charge on any atom is 0.306 e. The summed E-state index contributed by atoms with van der Waals surface area (Å²) in [6, 6.07) is 0. The Balaban J connectivity index is 4.33. The fourth-order valence-electron chi connectivity index (χ4n) is 8.12. The lowest BCUT2D eigenvalue weighted by atomic mass is 10.0. The fourth-order valence-corrected chi connectivity index (χ4v) is 8.12. The quantitative estimate of drug-likeness (QED) is 0.0262. The van der Waals surface area contributed by atoms with Gasteiger partial charge >= 0.3 is 17.9 Å². The van der Waals surface area contributed by atoms with Crippen LogP contribution in [0.5, 0.6) is 0 Å². The first kappa shape index (κ1) is 61.6. The molecule has 0 unspecified atom stereocenters. The van der Waals surface area contributed by atoms with Gasteiger partial charge in [-0.15, -0.1) is 0 Å². The van der Waals surface area contributed by atoms with Crippen molar-refractivity contribution in [3.05, 3.63) is 36.5 Å². The summed E-state index contributed by atoms with van der Waals surface area (Å²) in [6.07, 6.45) is 62.7. The van der Waals surface area contributed by atoms with E-state index >= 15 is 0 Å². The third-order valence-electron chi connectivity index (χ3n) is 12.4. The summed E-state index contributed by atoms with van der Waals surface area (Å²) in [5.41, 5.74) is 0. The highest BCUT2D eigenvalue weighted by molar-refractivity contribution is 5.71. The van der Waals surface area contributed by atoms with E-state index in [1.54, 1.807) is 0 Å². The van der Waals surface area contributed by atoms with Crippen LogP contribution < -0.4 is 0 Å². The molecule has 0 amide bonds. The van der Waals surface area contributed by atoms with E-state index < -0.39 is 6.10 Å². The van der Waals surface area contributed by atoms with Crippen LogP contribution in [0.25, 0.3) is 0 Å². The lowest BCUT2D eigenvalue weighted by molar-refractivity contribution is -0.167. The molecule has 0 aromatic heterocycles. The van der Waals surface area contributed by atoms with Crippen molar-refractivity contribution in [3.63, 3.8) is 0 Å². The van der Waals surface area contributed by atoms with Crippen LogP contribution in [0.3, 0.4) is 0 Å². The zero-order valence-corrected chi connectivity index (χ0v) is 42.8. The van der Waals surface area contributed by atoms with Crippen LogP contribution in [-0.2, 0) is 28.6 Å². The molecule has 0 spiro atoms. The number of carbonyl (C=O) groups excluding carboxylic acids is 3. The number of rotatable bonds is 51. The maximum atomic E-state index is 12.8. The summed E-state index contributed by atoms with van der Waals surface area (Å²) in [5.74, 6) is -0.871. The molecule has 0 rings (SSSR count). The zero-order valence-electron chi connectivity index (χ0n) is 42.8. The highest BCUT2D eigenvalue weighted by Gasteiger charge is 2.19. The lowest BCUT2D eigenvalue weighted by Gasteiger charge is -2.18. The van der Waals surface area contributed by atoms with Gasteiger partial charge in [0.1, 0.15) is 13.2 Å². The van der Waals surface area contributed by atoms with Crippen molar-refractivity contribution >= 4 is 17.9 Å². The third-order valence-corrected chi connectivity index (χ3v) is 12.4. The van der Waals surface area contributed by atoms with Crippen molar-refractivity contribution in [3.8, 4) is 0 Å². The Morgan fingerprint density at radius 2 is 0.562 bits per heavy atom. The van der Waals surface area contributed by atoms with E-state index in [4.69, 9.17) is 14.2 Å². The second-order valence-electron chi connectivity index (χ2n) is 18.8. The van der Waals surface area contributed by atoms with Crippen LogP contribution in [0, 0.1) is 0 Å². The molecule has 0 heterocycles. The van der Waals surface area contributed by atoms with Gasteiger partial charge in [0.2, 0.25) is 0 Å². The Hall–Kier alpha value is -2.37. The van der Waals surface area contributed by atoms with E-state index in [9.17, 15) is 14.4 Å².